The van der Waals surface area contributed by atoms with Gasteiger partial charge < -0.3 is 23.9 Å². The minimum atomic E-state index is -0.841. The number of furan rings is 1. The van der Waals surface area contributed by atoms with E-state index in [0.29, 0.717) is 23.0 Å². The van der Waals surface area contributed by atoms with E-state index >= 15 is 0 Å². The summed E-state index contributed by atoms with van der Waals surface area (Å²) >= 11 is 6.31. The average molecular weight is 496 g/mol. The second-order valence-electron chi connectivity index (χ2n) is 8.51. The van der Waals surface area contributed by atoms with Crippen LogP contribution >= 0.6 is 11.6 Å². The lowest BCUT2D eigenvalue weighted by atomic mass is 9.93. The van der Waals surface area contributed by atoms with Gasteiger partial charge in [0.05, 0.1) is 49.2 Å². The highest BCUT2D eigenvalue weighted by Crippen LogP contribution is 2.43. The van der Waals surface area contributed by atoms with Crippen molar-refractivity contribution in [3.8, 4) is 11.5 Å². The summed E-state index contributed by atoms with van der Waals surface area (Å²) in [4.78, 5) is 27.9. The Kier molecular flexibility index (Phi) is 6.89. The number of ketones is 1. The number of carbonyl (C=O) groups excluding carboxylic acids is 2. The van der Waals surface area contributed by atoms with Crippen molar-refractivity contribution in [2.24, 2.45) is 0 Å². The van der Waals surface area contributed by atoms with Crippen LogP contribution in [0.3, 0.4) is 0 Å². The van der Waals surface area contributed by atoms with Crippen LogP contribution in [0.25, 0.3) is 5.76 Å². The first kappa shape index (κ1) is 24.4. The summed E-state index contributed by atoms with van der Waals surface area (Å²) in [7, 11) is 2.89. The Morgan fingerprint density at radius 1 is 1.09 bits per heavy atom. The van der Waals surface area contributed by atoms with Crippen molar-refractivity contribution in [3.63, 3.8) is 0 Å². The Bertz CT molecular complexity index is 1280. The lowest BCUT2D eigenvalue weighted by Gasteiger charge is -2.25. The van der Waals surface area contributed by atoms with Gasteiger partial charge in [0.2, 0.25) is 0 Å². The molecule has 182 valence electrons. The molecule has 7 nitrogen and oxygen atoms in total. The number of carbonyl (C=O) groups is 2. The van der Waals surface area contributed by atoms with Crippen LogP contribution in [0, 0.1) is 0 Å². The van der Waals surface area contributed by atoms with Gasteiger partial charge in [-0.15, -0.1) is 0 Å². The molecule has 2 heterocycles. The summed E-state index contributed by atoms with van der Waals surface area (Å²) in [5, 5.41) is 11.6. The Morgan fingerprint density at radius 2 is 1.77 bits per heavy atom. The Morgan fingerprint density at radius 3 is 2.34 bits per heavy atom. The lowest BCUT2D eigenvalue weighted by molar-refractivity contribution is -0.140. The number of hydrogen-bond donors (Lipinski definition) is 1. The second-order valence-corrected chi connectivity index (χ2v) is 8.92. The molecule has 4 rings (SSSR count). The molecule has 0 radical (unpaired) electrons. The molecule has 1 unspecified atom stereocenters. The third-order valence-electron chi connectivity index (χ3n) is 6.09. The van der Waals surface area contributed by atoms with Gasteiger partial charge in [-0.25, -0.2) is 0 Å². The van der Waals surface area contributed by atoms with Crippen molar-refractivity contribution in [2.75, 3.05) is 14.2 Å². The number of hydrogen-bond acceptors (Lipinski definition) is 6. The van der Waals surface area contributed by atoms with E-state index in [9.17, 15) is 14.7 Å². The summed E-state index contributed by atoms with van der Waals surface area (Å²) in [5.74, 6) is -0.510. The minimum Gasteiger partial charge on any atom is -0.507 e. The van der Waals surface area contributed by atoms with E-state index in [2.05, 4.69) is 13.8 Å². The monoisotopic (exact) mass is 495 g/mol. The van der Waals surface area contributed by atoms with E-state index in [4.69, 9.17) is 25.5 Å². The number of halogens is 1. The molecular formula is C27H26ClNO6. The summed E-state index contributed by atoms with van der Waals surface area (Å²) in [6, 6.07) is 13.2. The fourth-order valence-electron chi connectivity index (χ4n) is 4.21. The number of nitrogens with zero attached hydrogens (tertiary/aromatic N) is 1. The predicted octanol–water partition coefficient (Wildman–Crippen LogP) is 5.70. The van der Waals surface area contributed by atoms with Gasteiger partial charge in [0.15, 0.2) is 0 Å². The first-order chi connectivity index (χ1) is 16.8. The predicted molar refractivity (Wildman–Crippen MR) is 132 cm³/mol. The van der Waals surface area contributed by atoms with Gasteiger partial charge in [-0.2, -0.15) is 0 Å². The molecule has 0 saturated carbocycles. The molecule has 0 spiro atoms. The molecule has 1 atom stereocenters. The number of Topliss-reactive ketones (excluding diaryl/α,β-unsaturated/α-hetero) is 1. The molecule has 1 aliphatic rings. The van der Waals surface area contributed by atoms with Gasteiger partial charge in [-0.05, 0) is 35.2 Å². The molecule has 3 aromatic rings. The number of likely N-dealkylation sites (tertiary alicyclic amines) is 1. The number of aliphatic hydroxyl groups excluding tert-OH is 1. The standard InChI is InChI=1S/C27H26ClNO6/c1-15(2)16-7-9-17(10-8-16)24-23(26(31)27(32)29(24)14-18-6-5-11-35-18)25(30)19-12-20(28)22(34-4)13-21(19)33-3/h5-13,15,24,30H,14H2,1-4H3/b25-23+. The van der Waals surface area contributed by atoms with Crippen LogP contribution in [-0.4, -0.2) is 35.9 Å². The molecule has 0 bridgehead atoms. The van der Waals surface area contributed by atoms with Crippen molar-refractivity contribution in [3.05, 3.63) is 87.8 Å². The van der Waals surface area contributed by atoms with Gasteiger partial charge in [0.1, 0.15) is 23.0 Å². The van der Waals surface area contributed by atoms with E-state index < -0.39 is 17.7 Å². The highest BCUT2D eigenvalue weighted by molar-refractivity contribution is 6.46. The van der Waals surface area contributed by atoms with Crippen LogP contribution in [-0.2, 0) is 16.1 Å². The van der Waals surface area contributed by atoms with Gasteiger partial charge >= 0.3 is 0 Å². The van der Waals surface area contributed by atoms with E-state index in [1.165, 1.54) is 37.5 Å². The molecule has 1 amide bonds. The third-order valence-corrected chi connectivity index (χ3v) is 6.39. The largest absolute Gasteiger partial charge is 0.507 e. The summed E-state index contributed by atoms with van der Waals surface area (Å²) in [6.07, 6.45) is 1.50. The molecule has 2 aromatic carbocycles. The van der Waals surface area contributed by atoms with Gasteiger partial charge in [-0.1, -0.05) is 49.7 Å². The van der Waals surface area contributed by atoms with Crippen molar-refractivity contribution >= 4 is 29.1 Å². The highest BCUT2D eigenvalue weighted by atomic mass is 35.5. The van der Waals surface area contributed by atoms with Crippen LogP contribution in [0.1, 0.15) is 48.3 Å². The number of benzene rings is 2. The maximum atomic E-state index is 13.3. The SMILES string of the molecule is COc1cc(OC)c(/C(O)=C2\C(=O)C(=O)N(Cc3ccco3)C2c2ccc(C(C)C)cc2)cc1Cl. The zero-order valence-electron chi connectivity index (χ0n) is 19.9. The molecule has 8 heteroatoms. The zero-order valence-corrected chi connectivity index (χ0v) is 20.6. The van der Waals surface area contributed by atoms with Crippen LogP contribution in [0.2, 0.25) is 5.02 Å². The molecule has 0 aliphatic carbocycles. The van der Waals surface area contributed by atoms with Crippen LogP contribution in [0.4, 0.5) is 0 Å². The third kappa shape index (κ3) is 4.51. The number of ether oxygens (including phenoxy) is 2. The number of amides is 1. The van der Waals surface area contributed by atoms with Crippen molar-refractivity contribution in [1.29, 1.82) is 0 Å². The fraction of sp³-hybridized carbons (Fsp3) is 0.259. The summed E-state index contributed by atoms with van der Waals surface area (Å²) in [6.45, 7) is 4.22. The quantitative estimate of drug-likeness (QED) is 0.257. The van der Waals surface area contributed by atoms with Crippen molar-refractivity contribution in [1.82, 2.24) is 4.90 Å². The van der Waals surface area contributed by atoms with Gasteiger partial charge in [0.25, 0.3) is 11.7 Å². The molecular weight excluding hydrogens is 470 g/mol. The van der Waals surface area contributed by atoms with E-state index in [0.717, 1.165) is 5.56 Å². The number of methoxy groups -OCH3 is 2. The van der Waals surface area contributed by atoms with Crippen LogP contribution < -0.4 is 9.47 Å². The topological polar surface area (TPSA) is 89.2 Å². The Labute approximate surface area is 208 Å². The normalized spacial score (nSPS) is 17.3. The maximum absolute atomic E-state index is 13.3. The molecule has 1 aromatic heterocycles. The summed E-state index contributed by atoms with van der Waals surface area (Å²) in [5.41, 5.74) is 1.91. The van der Waals surface area contributed by atoms with Crippen molar-refractivity contribution < 1.29 is 28.6 Å². The highest BCUT2D eigenvalue weighted by Gasteiger charge is 2.46. The Balaban J connectivity index is 1.91. The van der Waals surface area contributed by atoms with E-state index in [1.807, 2.05) is 24.3 Å². The summed E-state index contributed by atoms with van der Waals surface area (Å²) < 4.78 is 16.1. The molecule has 1 saturated heterocycles. The first-order valence-corrected chi connectivity index (χ1v) is 11.5. The molecule has 1 aliphatic heterocycles. The number of rotatable bonds is 7. The molecule has 35 heavy (non-hydrogen) atoms. The van der Waals surface area contributed by atoms with Crippen LogP contribution in [0.5, 0.6) is 11.5 Å². The lowest BCUT2D eigenvalue weighted by Crippen LogP contribution is -2.29. The molecule has 1 N–H and O–H groups in total. The smallest absolute Gasteiger partial charge is 0.296 e. The Hall–Kier alpha value is -3.71. The van der Waals surface area contributed by atoms with Gasteiger partial charge in [0, 0.05) is 6.07 Å². The number of aliphatic hydroxyl groups is 1. The maximum Gasteiger partial charge on any atom is 0.296 e. The van der Waals surface area contributed by atoms with E-state index in [-0.39, 0.29) is 34.2 Å². The molecule has 1 fully saturated rings. The average Bonchev–Trinajstić information content (AvgIpc) is 3.46. The zero-order chi connectivity index (χ0) is 25.3. The van der Waals surface area contributed by atoms with Crippen LogP contribution in [0.15, 0.2) is 64.8 Å². The second kappa shape index (κ2) is 9.88. The van der Waals surface area contributed by atoms with E-state index in [1.54, 1.807) is 12.1 Å². The van der Waals surface area contributed by atoms with Gasteiger partial charge in [-0.3, -0.25) is 9.59 Å². The minimum absolute atomic E-state index is 0.0570. The van der Waals surface area contributed by atoms with Crippen molar-refractivity contribution in [2.45, 2.75) is 32.4 Å². The fourth-order valence-corrected chi connectivity index (χ4v) is 4.45. The first-order valence-electron chi connectivity index (χ1n) is 11.1.